The van der Waals surface area contributed by atoms with Crippen LogP contribution in [-0.2, 0) is 11.2 Å². The molecule has 7 heteroatoms. The number of carbonyl (C=O) groups is 1. The van der Waals surface area contributed by atoms with E-state index in [1.807, 2.05) is 36.1 Å². The van der Waals surface area contributed by atoms with Gasteiger partial charge in [-0.05, 0) is 30.7 Å². The molecule has 2 aliphatic rings. The SMILES string of the molecule is Cc1ccc(O[C@H]2CCN(C(=O)Cc3ccc4c(c3)OCO4)C2)nn1. The lowest BCUT2D eigenvalue weighted by molar-refractivity contribution is -0.129. The number of fused-ring (bicyclic) bond motifs is 1. The molecule has 0 radical (unpaired) electrons. The minimum atomic E-state index is -0.0438. The predicted octanol–water partition coefficient (Wildman–Crippen LogP) is 1.74. The van der Waals surface area contributed by atoms with Gasteiger partial charge in [0, 0.05) is 19.0 Å². The summed E-state index contributed by atoms with van der Waals surface area (Å²) in [5.74, 6) is 2.01. The number of likely N-dealkylation sites (tertiary alicyclic amines) is 1. The van der Waals surface area contributed by atoms with Crippen molar-refractivity contribution >= 4 is 5.91 Å². The number of aromatic nitrogens is 2. The van der Waals surface area contributed by atoms with Crippen molar-refractivity contribution in [3.05, 3.63) is 41.6 Å². The van der Waals surface area contributed by atoms with Crippen LogP contribution in [0.1, 0.15) is 17.7 Å². The number of hydrogen-bond donors (Lipinski definition) is 0. The summed E-state index contributed by atoms with van der Waals surface area (Å²) in [5, 5.41) is 7.99. The van der Waals surface area contributed by atoms with Gasteiger partial charge in [-0.25, -0.2) is 0 Å². The van der Waals surface area contributed by atoms with Crippen molar-refractivity contribution in [1.82, 2.24) is 15.1 Å². The van der Waals surface area contributed by atoms with Crippen LogP contribution in [0.3, 0.4) is 0 Å². The van der Waals surface area contributed by atoms with E-state index in [0.717, 1.165) is 23.4 Å². The van der Waals surface area contributed by atoms with Crippen molar-refractivity contribution in [2.45, 2.75) is 25.9 Å². The van der Waals surface area contributed by atoms with Crippen LogP contribution in [0, 0.1) is 6.92 Å². The fraction of sp³-hybridized carbons (Fsp3) is 0.389. The second-order valence-electron chi connectivity index (χ2n) is 6.25. The summed E-state index contributed by atoms with van der Waals surface area (Å²) < 4.78 is 16.5. The first-order valence-corrected chi connectivity index (χ1v) is 8.31. The van der Waals surface area contributed by atoms with Crippen LogP contribution in [0.5, 0.6) is 17.4 Å². The minimum absolute atomic E-state index is 0.0438. The van der Waals surface area contributed by atoms with Crippen molar-refractivity contribution in [2.75, 3.05) is 19.9 Å². The van der Waals surface area contributed by atoms with Gasteiger partial charge in [-0.3, -0.25) is 4.79 Å². The highest BCUT2D eigenvalue weighted by molar-refractivity contribution is 5.79. The van der Waals surface area contributed by atoms with Gasteiger partial charge in [0.25, 0.3) is 0 Å². The van der Waals surface area contributed by atoms with Gasteiger partial charge < -0.3 is 19.1 Å². The van der Waals surface area contributed by atoms with E-state index in [9.17, 15) is 4.79 Å². The third-order valence-electron chi connectivity index (χ3n) is 4.35. The maximum absolute atomic E-state index is 12.5. The van der Waals surface area contributed by atoms with Crippen molar-refractivity contribution < 1.29 is 19.0 Å². The first-order chi connectivity index (χ1) is 12.2. The summed E-state index contributed by atoms with van der Waals surface area (Å²) >= 11 is 0. The lowest BCUT2D eigenvalue weighted by Crippen LogP contribution is -2.32. The highest BCUT2D eigenvalue weighted by Gasteiger charge is 2.28. The van der Waals surface area contributed by atoms with Crippen molar-refractivity contribution in [3.63, 3.8) is 0 Å². The molecule has 1 aromatic carbocycles. The average Bonchev–Trinajstić information content (AvgIpc) is 3.26. The van der Waals surface area contributed by atoms with Gasteiger partial charge >= 0.3 is 0 Å². The Kier molecular flexibility index (Phi) is 4.13. The Morgan fingerprint density at radius 2 is 2.12 bits per heavy atom. The zero-order valence-electron chi connectivity index (χ0n) is 14.0. The van der Waals surface area contributed by atoms with Crippen LogP contribution < -0.4 is 14.2 Å². The Labute approximate surface area is 145 Å². The minimum Gasteiger partial charge on any atom is -0.471 e. The van der Waals surface area contributed by atoms with Crippen molar-refractivity contribution in [3.8, 4) is 17.4 Å². The molecule has 7 nitrogen and oxygen atoms in total. The van der Waals surface area contributed by atoms with Gasteiger partial charge in [0.1, 0.15) is 6.10 Å². The normalized spacial score (nSPS) is 18.4. The van der Waals surface area contributed by atoms with Gasteiger partial charge in [-0.15, -0.1) is 5.10 Å². The van der Waals surface area contributed by atoms with Crippen LogP contribution >= 0.6 is 0 Å². The zero-order chi connectivity index (χ0) is 17.2. The summed E-state index contributed by atoms with van der Waals surface area (Å²) in [6.07, 6.45) is 1.09. The quantitative estimate of drug-likeness (QED) is 0.843. The van der Waals surface area contributed by atoms with E-state index < -0.39 is 0 Å². The topological polar surface area (TPSA) is 73.8 Å². The van der Waals surface area contributed by atoms with Crippen LogP contribution in [-0.4, -0.2) is 47.0 Å². The molecule has 0 saturated carbocycles. The van der Waals surface area contributed by atoms with E-state index in [2.05, 4.69) is 10.2 Å². The summed E-state index contributed by atoms with van der Waals surface area (Å²) in [6, 6.07) is 9.28. The molecule has 2 aliphatic heterocycles. The highest BCUT2D eigenvalue weighted by Crippen LogP contribution is 2.32. The zero-order valence-corrected chi connectivity index (χ0v) is 14.0. The molecule has 3 heterocycles. The molecule has 25 heavy (non-hydrogen) atoms. The van der Waals surface area contributed by atoms with Crippen LogP contribution in [0.2, 0.25) is 0 Å². The molecule has 0 bridgehead atoms. The van der Waals surface area contributed by atoms with E-state index in [1.165, 1.54) is 0 Å². The maximum Gasteiger partial charge on any atom is 0.233 e. The molecule has 1 aromatic heterocycles. The summed E-state index contributed by atoms with van der Waals surface area (Å²) in [6.45, 7) is 3.37. The number of rotatable bonds is 4. The van der Waals surface area contributed by atoms with E-state index in [1.54, 1.807) is 6.07 Å². The molecule has 1 fully saturated rings. The number of amides is 1. The lowest BCUT2D eigenvalue weighted by atomic mass is 10.1. The smallest absolute Gasteiger partial charge is 0.233 e. The fourth-order valence-corrected chi connectivity index (χ4v) is 3.01. The maximum atomic E-state index is 12.5. The third-order valence-corrected chi connectivity index (χ3v) is 4.35. The highest BCUT2D eigenvalue weighted by atomic mass is 16.7. The van der Waals surface area contributed by atoms with Crippen LogP contribution in [0.25, 0.3) is 0 Å². The van der Waals surface area contributed by atoms with E-state index in [-0.39, 0.29) is 18.8 Å². The Balaban J connectivity index is 1.33. The number of benzene rings is 1. The summed E-state index contributed by atoms with van der Waals surface area (Å²) in [5.41, 5.74) is 1.77. The third kappa shape index (κ3) is 3.50. The van der Waals surface area contributed by atoms with Gasteiger partial charge in [0.15, 0.2) is 11.5 Å². The number of aryl methyl sites for hydroxylation is 1. The van der Waals surface area contributed by atoms with Crippen molar-refractivity contribution in [1.29, 1.82) is 0 Å². The van der Waals surface area contributed by atoms with Crippen molar-refractivity contribution in [2.24, 2.45) is 0 Å². The first kappa shape index (κ1) is 15.7. The van der Waals surface area contributed by atoms with Gasteiger partial charge in [-0.1, -0.05) is 6.07 Å². The van der Waals surface area contributed by atoms with E-state index in [0.29, 0.717) is 31.1 Å². The Morgan fingerprint density at radius 3 is 2.96 bits per heavy atom. The molecule has 130 valence electrons. The van der Waals surface area contributed by atoms with Crippen LogP contribution in [0.4, 0.5) is 0 Å². The molecule has 0 unspecified atom stereocenters. The number of carbonyl (C=O) groups excluding carboxylic acids is 1. The molecule has 1 amide bonds. The standard InChI is InChI=1S/C18H19N3O4/c1-12-2-5-17(20-19-12)25-14-6-7-21(10-14)18(22)9-13-3-4-15-16(8-13)24-11-23-15/h2-5,8,14H,6-7,9-11H2,1H3/t14-/m0/s1. The number of hydrogen-bond acceptors (Lipinski definition) is 6. The monoisotopic (exact) mass is 341 g/mol. The lowest BCUT2D eigenvalue weighted by Gasteiger charge is -2.17. The molecule has 1 atom stereocenters. The Morgan fingerprint density at radius 1 is 1.24 bits per heavy atom. The second-order valence-corrected chi connectivity index (χ2v) is 6.25. The predicted molar refractivity (Wildman–Crippen MR) is 88.7 cm³/mol. The van der Waals surface area contributed by atoms with Crippen LogP contribution in [0.15, 0.2) is 30.3 Å². The molecule has 2 aromatic rings. The Bertz CT molecular complexity index is 778. The van der Waals surface area contributed by atoms with Gasteiger partial charge in [-0.2, -0.15) is 5.10 Å². The number of ether oxygens (including phenoxy) is 3. The van der Waals surface area contributed by atoms with E-state index >= 15 is 0 Å². The largest absolute Gasteiger partial charge is 0.471 e. The first-order valence-electron chi connectivity index (χ1n) is 8.31. The summed E-state index contributed by atoms with van der Waals surface area (Å²) in [4.78, 5) is 14.4. The molecule has 0 spiro atoms. The summed E-state index contributed by atoms with van der Waals surface area (Å²) in [7, 11) is 0. The molecule has 0 aliphatic carbocycles. The molecule has 4 rings (SSSR count). The van der Waals surface area contributed by atoms with Gasteiger partial charge in [0.2, 0.25) is 18.6 Å². The van der Waals surface area contributed by atoms with Gasteiger partial charge in [0.05, 0.1) is 18.7 Å². The second kappa shape index (κ2) is 6.58. The molecular weight excluding hydrogens is 322 g/mol. The average molecular weight is 341 g/mol. The van der Waals surface area contributed by atoms with E-state index in [4.69, 9.17) is 14.2 Å². The Hall–Kier alpha value is -2.83. The molecule has 0 N–H and O–H groups in total. The molecule has 1 saturated heterocycles. The number of nitrogens with zero attached hydrogens (tertiary/aromatic N) is 3. The fourth-order valence-electron chi connectivity index (χ4n) is 3.01. The molecular formula is C18H19N3O4.